The molecule has 0 rings (SSSR count). The topological polar surface area (TPSA) is 29.3 Å². The van der Waals surface area contributed by atoms with Gasteiger partial charge in [-0.3, -0.25) is 4.90 Å². The molecule has 2 N–H and O–H groups in total. The van der Waals surface area contributed by atoms with Gasteiger partial charge in [-0.1, -0.05) is 53.4 Å². The highest BCUT2D eigenvalue weighted by Crippen LogP contribution is 2.12. The molecule has 2 nitrogen and oxygen atoms in total. The van der Waals surface area contributed by atoms with Crippen LogP contribution in [0.3, 0.4) is 0 Å². The molecule has 0 saturated carbocycles. The van der Waals surface area contributed by atoms with Gasteiger partial charge < -0.3 is 5.73 Å². The summed E-state index contributed by atoms with van der Waals surface area (Å²) in [6.45, 7) is 12.3. The monoisotopic (exact) mass is 228 g/mol. The van der Waals surface area contributed by atoms with E-state index in [9.17, 15) is 0 Å². The Hall–Kier alpha value is -0.0800. The lowest BCUT2D eigenvalue weighted by Gasteiger charge is -2.32. The molecule has 0 radical (unpaired) electrons. The highest BCUT2D eigenvalue weighted by atomic mass is 15.2. The summed E-state index contributed by atoms with van der Waals surface area (Å²) in [5.41, 5.74) is 5.91. The summed E-state index contributed by atoms with van der Waals surface area (Å²) in [7, 11) is 0. The van der Waals surface area contributed by atoms with Crippen molar-refractivity contribution in [3.8, 4) is 0 Å². The van der Waals surface area contributed by atoms with Crippen LogP contribution >= 0.6 is 0 Å². The number of hydrogen-bond acceptors (Lipinski definition) is 2. The third-order valence-electron chi connectivity index (χ3n) is 3.58. The van der Waals surface area contributed by atoms with Crippen molar-refractivity contribution in [1.29, 1.82) is 0 Å². The third kappa shape index (κ3) is 6.49. The molecule has 0 aromatic rings. The fourth-order valence-corrected chi connectivity index (χ4v) is 2.15. The molecule has 0 aliphatic rings. The molecule has 0 spiro atoms. The van der Waals surface area contributed by atoms with Crippen molar-refractivity contribution in [2.24, 2.45) is 11.7 Å². The van der Waals surface area contributed by atoms with Crippen LogP contribution in [0.15, 0.2) is 0 Å². The molecule has 0 aromatic carbocycles. The molecular formula is C14H32N2. The van der Waals surface area contributed by atoms with E-state index in [1.54, 1.807) is 0 Å². The standard InChI is InChI=1S/C14H32N2/c1-5-8-9-10-14(11-15)16(7-3)12-13(4)6-2/h13-14H,5-12,15H2,1-4H3. The predicted molar refractivity (Wildman–Crippen MR) is 73.7 cm³/mol. The summed E-state index contributed by atoms with van der Waals surface area (Å²) in [5, 5.41) is 0. The van der Waals surface area contributed by atoms with Gasteiger partial charge in [0.15, 0.2) is 0 Å². The van der Waals surface area contributed by atoms with Gasteiger partial charge in [-0.2, -0.15) is 0 Å². The first-order chi connectivity index (χ1) is 7.69. The Balaban J connectivity index is 4.05. The molecule has 0 aromatic heterocycles. The zero-order chi connectivity index (χ0) is 12.4. The maximum atomic E-state index is 5.91. The minimum atomic E-state index is 0.602. The largest absolute Gasteiger partial charge is 0.329 e. The molecule has 0 amide bonds. The Kier molecular flexibility index (Phi) is 10.0. The Morgan fingerprint density at radius 3 is 2.25 bits per heavy atom. The van der Waals surface area contributed by atoms with E-state index in [1.165, 1.54) is 38.6 Å². The fourth-order valence-electron chi connectivity index (χ4n) is 2.15. The van der Waals surface area contributed by atoms with Crippen LogP contribution in [0.4, 0.5) is 0 Å². The maximum absolute atomic E-state index is 5.91. The first kappa shape index (κ1) is 15.9. The molecule has 0 aliphatic heterocycles. The van der Waals surface area contributed by atoms with E-state index in [0.717, 1.165) is 19.0 Å². The van der Waals surface area contributed by atoms with Gasteiger partial charge in [0.2, 0.25) is 0 Å². The van der Waals surface area contributed by atoms with Crippen molar-refractivity contribution < 1.29 is 0 Å². The molecule has 0 fully saturated rings. The van der Waals surface area contributed by atoms with Crippen molar-refractivity contribution in [1.82, 2.24) is 4.90 Å². The number of hydrogen-bond donors (Lipinski definition) is 1. The van der Waals surface area contributed by atoms with Crippen molar-refractivity contribution >= 4 is 0 Å². The molecule has 0 heterocycles. The maximum Gasteiger partial charge on any atom is 0.0218 e. The lowest BCUT2D eigenvalue weighted by atomic mass is 10.0. The number of rotatable bonds is 10. The molecule has 0 bridgehead atoms. The lowest BCUT2D eigenvalue weighted by Crippen LogP contribution is -2.42. The smallest absolute Gasteiger partial charge is 0.0218 e. The van der Waals surface area contributed by atoms with Crippen molar-refractivity contribution in [2.75, 3.05) is 19.6 Å². The second-order valence-electron chi connectivity index (χ2n) is 4.99. The quantitative estimate of drug-likeness (QED) is 0.582. The first-order valence-corrected chi connectivity index (χ1v) is 7.13. The van der Waals surface area contributed by atoms with Gasteiger partial charge in [0.1, 0.15) is 0 Å². The predicted octanol–water partition coefficient (Wildman–Crippen LogP) is 3.26. The van der Waals surface area contributed by atoms with Crippen LogP contribution in [0.1, 0.15) is 59.8 Å². The van der Waals surface area contributed by atoms with E-state index in [2.05, 4.69) is 32.6 Å². The lowest BCUT2D eigenvalue weighted by molar-refractivity contribution is 0.170. The number of unbranched alkanes of at least 4 members (excludes halogenated alkanes) is 2. The van der Waals surface area contributed by atoms with Crippen molar-refractivity contribution in [3.05, 3.63) is 0 Å². The summed E-state index contributed by atoms with van der Waals surface area (Å²) in [6.07, 6.45) is 6.51. The molecule has 2 atom stereocenters. The average molecular weight is 228 g/mol. The minimum absolute atomic E-state index is 0.602. The van der Waals surface area contributed by atoms with Gasteiger partial charge in [0.25, 0.3) is 0 Å². The second-order valence-corrected chi connectivity index (χ2v) is 4.99. The van der Waals surface area contributed by atoms with E-state index >= 15 is 0 Å². The van der Waals surface area contributed by atoms with E-state index in [-0.39, 0.29) is 0 Å². The van der Waals surface area contributed by atoms with Crippen LogP contribution in [-0.2, 0) is 0 Å². The highest BCUT2D eigenvalue weighted by Gasteiger charge is 2.16. The fraction of sp³-hybridized carbons (Fsp3) is 1.00. The average Bonchev–Trinajstić information content (AvgIpc) is 2.32. The first-order valence-electron chi connectivity index (χ1n) is 7.13. The SMILES string of the molecule is CCCCCC(CN)N(CC)CC(C)CC. The molecule has 98 valence electrons. The summed E-state index contributed by atoms with van der Waals surface area (Å²) in [4.78, 5) is 2.57. The molecule has 16 heavy (non-hydrogen) atoms. The van der Waals surface area contributed by atoms with Crippen molar-refractivity contribution in [2.45, 2.75) is 65.8 Å². The van der Waals surface area contributed by atoms with E-state index in [4.69, 9.17) is 5.73 Å². The second kappa shape index (κ2) is 10.1. The third-order valence-corrected chi connectivity index (χ3v) is 3.58. The Morgan fingerprint density at radius 2 is 1.81 bits per heavy atom. The summed E-state index contributed by atoms with van der Waals surface area (Å²) in [5.74, 6) is 0.792. The van der Waals surface area contributed by atoms with Gasteiger partial charge in [-0.25, -0.2) is 0 Å². The van der Waals surface area contributed by atoms with Crippen LogP contribution in [-0.4, -0.2) is 30.6 Å². The number of nitrogens with zero attached hydrogens (tertiary/aromatic N) is 1. The summed E-state index contributed by atoms with van der Waals surface area (Å²) < 4.78 is 0. The zero-order valence-electron chi connectivity index (χ0n) is 11.8. The van der Waals surface area contributed by atoms with Crippen molar-refractivity contribution in [3.63, 3.8) is 0 Å². The van der Waals surface area contributed by atoms with Crippen LogP contribution in [0.5, 0.6) is 0 Å². The van der Waals surface area contributed by atoms with Gasteiger partial charge in [-0.15, -0.1) is 0 Å². The van der Waals surface area contributed by atoms with Crippen LogP contribution in [0, 0.1) is 5.92 Å². The molecular weight excluding hydrogens is 196 g/mol. The number of nitrogens with two attached hydrogens (primary N) is 1. The Labute approximate surface area is 103 Å². The molecule has 2 unspecified atom stereocenters. The normalized spacial score (nSPS) is 15.4. The van der Waals surface area contributed by atoms with E-state index in [1.807, 2.05) is 0 Å². The number of likely N-dealkylation sites (N-methyl/N-ethyl adjacent to an activating group) is 1. The van der Waals surface area contributed by atoms with Crippen LogP contribution < -0.4 is 5.73 Å². The molecule has 0 saturated heterocycles. The molecule has 2 heteroatoms. The van der Waals surface area contributed by atoms with E-state index in [0.29, 0.717) is 6.04 Å². The highest BCUT2D eigenvalue weighted by molar-refractivity contribution is 4.73. The zero-order valence-corrected chi connectivity index (χ0v) is 11.8. The van der Waals surface area contributed by atoms with Gasteiger partial charge in [-0.05, 0) is 18.9 Å². The van der Waals surface area contributed by atoms with Crippen LogP contribution in [0.2, 0.25) is 0 Å². The van der Waals surface area contributed by atoms with E-state index < -0.39 is 0 Å². The Morgan fingerprint density at radius 1 is 1.12 bits per heavy atom. The molecule has 0 aliphatic carbocycles. The Bertz CT molecular complexity index is 148. The summed E-state index contributed by atoms with van der Waals surface area (Å²) in [6, 6.07) is 0.602. The van der Waals surface area contributed by atoms with Crippen LogP contribution in [0.25, 0.3) is 0 Å². The van der Waals surface area contributed by atoms with Gasteiger partial charge in [0.05, 0.1) is 0 Å². The van der Waals surface area contributed by atoms with Gasteiger partial charge >= 0.3 is 0 Å². The summed E-state index contributed by atoms with van der Waals surface area (Å²) >= 11 is 0. The minimum Gasteiger partial charge on any atom is -0.329 e. The van der Waals surface area contributed by atoms with Gasteiger partial charge in [0, 0.05) is 19.1 Å².